The monoisotopic (exact) mass is 192 g/mol. The van der Waals surface area contributed by atoms with Gasteiger partial charge in [-0.1, -0.05) is 6.92 Å². The third-order valence-electron chi connectivity index (χ3n) is 3.25. The van der Waals surface area contributed by atoms with Crippen molar-refractivity contribution < 1.29 is 4.79 Å². The van der Waals surface area contributed by atoms with Crippen LogP contribution < -0.4 is 0 Å². The van der Waals surface area contributed by atoms with Crippen molar-refractivity contribution in [3.8, 4) is 0 Å². The van der Waals surface area contributed by atoms with Crippen LogP contribution in [0, 0.1) is 5.92 Å². The molecule has 1 aliphatic carbocycles. The molecule has 1 heterocycles. The largest absolute Gasteiger partial charge is 0.337 e. The molecule has 3 heteroatoms. The van der Waals surface area contributed by atoms with Crippen LogP contribution in [0.5, 0.6) is 0 Å². The van der Waals surface area contributed by atoms with Crippen LogP contribution in [0.3, 0.4) is 0 Å². The van der Waals surface area contributed by atoms with Crippen molar-refractivity contribution in [2.24, 2.45) is 13.0 Å². The van der Waals surface area contributed by atoms with Crippen molar-refractivity contribution in [1.29, 1.82) is 0 Å². The van der Waals surface area contributed by atoms with E-state index in [1.807, 2.05) is 17.8 Å². The van der Waals surface area contributed by atoms with E-state index in [9.17, 15) is 4.79 Å². The number of rotatable bonds is 1. The van der Waals surface area contributed by atoms with Gasteiger partial charge in [-0.3, -0.25) is 4.79 Å². The zero-order valence-corrected chi connectivity index (χ0v) is 8.73. The maximum atomic E-state index is 11.4. The highest BCUT2D eigenvalue weighted by molar-refractivity contribution is 5.80. The molecule has 1 aliphatic rings. The summed E-state index contributed by atoms with van der Waals surface area (Å²) < 4.78 is 2.03. The maximum Gasteiger partial charge on any atom is 0.133 e. The van der Waals surface area contributed by atoms with Gasteiger partial charge in [0, 0.05) is 37.7 Å². The number of Topliss-reactive ketones (excluding diaryl/α,β-unsaturated/α-hetero) is 1. The second kappa shape index (κ2) is 3.56. The lowest BCUT2D eigenvalue weighted by molar-refractivity contribution is -0.121. The first kappa shape index (κ1) is 9.44. The summed E-state index contributed by atoms with van der Waals surface area (Å²) >= 11 is 0. The highest BCUT2D eigenvalue weighted by Crippen LogP contribution is 2.35. The zero-order chi connectivity index (χ0) is 10.1. The highest BCUT2D eigenvalue weighted by Gasteiger charge is 2.28. The summed E-state index contributed by atoms with van der Waals surface area (Å²) in [5.41, 5.74) is 1.20. The predicted octanol–water partition coefficient (Wildman–Crippen LogP) is 1.89. The van der Waals surface area contributed by atoms with Gasteiger partial charge in [0.2, 0.25) is 0 Å². The van der Waals surface area contributed by atoms with Gasteiger partial charge in [-0.05, 0) is 12.3 Å². The highest BCUT2D eigenvalue weighted by atomic mass is 16.1. The SMILES string of the molecule is CC1CCC(=O)CC1c1cncn1C. The van der Waals surface area contributed by atoms with E-state index in [0.717, 1.165) is 12.8 Å². The molecule has 2 rings (SSSR count). The van der Waals surface area contributed by atoms with Crippen LogP contribution in [-0.2, 0) is 11.8 Å². The lowest BCUT2D eigenvalue weighted by Gasteiger charge is -2.27. The quantitative estimate of drug-likeness (QED) is 0.681. The molecule has 0 spiro atoms. The minimum absolute atomic E-state index is 0.378. The second-order valence-electron chi connectivity index (χ2n) is 4.29. The Morgan fingerprint density at radius 1 is 1.57 bits per heavy atom. The molecule has 0 radical (unpaired) electrons. The van der Waals surface area contributed by atoms with Crippen LogP contribution in [0.1, 0.15) is 37.8 Å². The van der Waals surface area contributed by atoms with Gasteiger partial charge < -0.3 is 4.57 Å². The fraction of sp³-hybridized carbons (Fsp3) is 0.636. The first-order valence-corrected chi connectivity index (χ1v) is 5.16. The second-order valence-corrected chi connectivity index (χ2v) is 4.29. The van der Waals surface area contributed by atoms with Gasteiger partial charge in [-0.2, -0.15) is 0 Å². The van der Waals surface area contributed by atoms with E-state index in [-0.39, 0.29) is 0 Å². The number of nitrogens with zero attached hydrogens (tertiary/aromatic N) is 2. The fourth-order valence-corrected chi connectivity index (χ4v) is 2.26. The molecule has 76 valence electrons. The summed E-state index contributed by atoms with van der Waals surface area (Å²) in [4.78, 5) is 15.5. The molecule has 0 aromatic carbocycles. The lowest BCUT2D eigenvalue weighted by Crippen LogP contribution is -2.22. The van der Waals surface area contributed by atoms with Crippen molar-refractivity contribution in [1.82, 2.24) is 9.55 Å². The van der Waals surface area contributed by atoms with E-state index in [1.54, 1.807) is 6.33 Å². The Morgan fingerprint density at radius 2 is 2.36 bits per heavy atom. The molecule has 3 nitrogen and oxygen atoms in total. The molecule has 14 heavy (non-hydrogen) atoms. The van der Waals surface area contributed by atoms with Crippen molar-refractivity contribution >= 4 is 5.78 Å². The molecular weight excluding hydrogens is 176 g/mol. The minimum Gasteiger partial charge on any atom is -0.337 e. The Kier molecular flexibility index (Phi) is 2.40. The van der Waals surface area contributed by atoms with Gasteiger partial charge in [-0.15, -0.1) is 0 Å². The molecule has 0 N–H and O–H groups in total. The first-order valence-electron chi connectivity index (χ1n) is 5.16. The van der Waals surface area contributed by atoms with E-state index >= 15 is 0 Å². The van der Waals surface area contributed by atoms with Crippen LogP contribution in [0.2, 0.25) is 0 Å². The van der Waals surface area contributed by atoms with Gasteiger partial charge in [-0.25, -0.2) is 4.98 Å². The summed E-state index contributed by atoms with van der Waals surface area (Å²) in [5.74, 6) is 1.38. The van der Waals surface area contributed by atoms with Crippen LogP contribution >= 0.6 is 0 Å². The Hall–Kier alpha value is -1.12. The Bertz CT molecular complexity index is 343. The number of ketones is 1. The van der Waals surface area contributed by atoms with Crippen LogP contribution in [-0.4, -0.2) is 15.3 Å². The smallest absolute Gasteiger partial charge is 0.133 e. The van der Waals surface area contributed by atoms with Crippen molar-refractivity contribution in [2.75, 3.05) is 0 Å². The molecule has 2 unspecified atom stereocenters. The average Bonchev–Trinajstić information content (AvgIpc) is 2.56. The molecular formula is C11H16N2O. The van der Waals surface area contributed by atoms with Gasteiger partial charge in [0.1, 0.15) is 5.78 Å². The lowest BCUT2D eigenvalue weighted by atomic mass is 9.78. The standard InChI is InChI=1S/C11H16N2O/c1-8-3-4-9(14)5-10(8)11-6-12-7-13(11)2/h6-8,10H,3-5H2,1-2H3. The van der Waals surface area contributed by atoms with E-state index < -0.39 is 0 Å². The summed E-state index contributed by atoms with van der Waals surface area (Å²) in [6, 6.07) is 0. The third-order valence-corrected chi connectivity index (χ3v) is 3.25. The summed E-state index contributed by atoms with van der Waals surface area (Å²) in [7, 11) is 1.99. The molecule has 1 aromatic rings. The number of carbonyl (C=O) groups excluding carboxylic acids is 1. The predicted molar refractivity (Wildman–Crippen MR) is 54.0 cm³/mol. The minimum atomic E-state index is 0.378. The number of carbonyl (C=O) groups is 1. The van der Waals surface area contributed by atoms with Crippen molar-refractivity contribution in [3.05, 3.63) is 18.2 Å². The van der Waals surface area contributed by atoms with Gasteiger partial charge in [0.05, 0.1) is 6.33 Å². The molecule has 2 atom stereocenters. The maximum absolute atomic E-state index is 11.4. The number of aromatic nitrogens is 2. The third kappa shape index (κ3) is 1.59. The topological polar surface area (TPSA) is 34.9 Å². The summed E-state index contributed by atoms with van der Waals surface area (Å²) in [6.07, 6.45) is 6.17. The number of aryl methyl sites for hydroxylation is 1. The summed E-state index contributed by atoms with van der Waals surface area (Å²) in [6.45, 7) is 2.23. The Labute approximate surface area is 84.1 Å². The molecule has 0 saturated heterocycles. The average molecular weight is 192 g/mol. The number of hydrogen-bond donors (Lipinski definition) is 0. The molecule has 0 aliphatic heterocycles. The van der Waals surface area contributed by atoms with Crippen molar-refractivity contribution in [2.45, 2.75) is 32.1 Å². The number of hydrogen-bond acceptors (Lipinski definition) is 2. The molecule has 0 amide bonds. The molecule has 0 bridgehead atoms. The fourth-order valence-electron chi connectivity index (χ4n) is 2.26. The van der Waals surface area contributed by atoms with Crippen LogP contribution in [0.15, 0.2) is 12.5 Å². The van der Waals surface area contributed by atoms with E-state index in [1.165, 1.54) is 5.69 Å². The summed E-state index contributed by atoms with van der Waals surface area (Å²) in [5, 5.41) is 0. The van der Waals surface area contributed by atoms with Crippen LogP contribution in [0.4, 0.5) is 0 Å². The van der Waals surface area contributed by atoms with Gasteiger partial charge >= 0.3 is 0 Å². The van der Waals surface area contributed by atoms with E-state index in [0.29, 0.717) is 24.0 Å². The van der Waals surface area contributed by atoms with E-state index in [4.69, 9.17) is 0 Å². The van der Waals surface area contributed by atoms with Crippen LogP contribution in [0.25, 0.3) is 0 Å². The normalized spacial score (nSPS) is 28.0. The molecule has 1 fully saturated rings. The van der Waals surface area contributed by atoms with Crippen molar-refractivity contribution in [3.63, 3.8) is 0 Å². The number of imidazole rings is 1. The Balaban J connectivity index is 2.24. The van der Waals surface area contributed by atoms with Gasteiger partial charge in [0.15, 0.2) is 0 Å². The first-order chi connectivity index (χ1) is 6.68. The van der Waals surface area contributed by atoms with E-state index in [2.05, 4.69) is 11.9 Å². The van der Waals surface area contributed by atoms with Gasteiger partial charge in [0.25, 0.3) is 0 Å². The molecule has 1 aromatic heterocycles. The molecule has 1 saturated carbocycles. The Morgan fingerprint density at radius 3 is 3.00 bits per heavy atom. The zero-order valence-electron chi connectivity index (χ0n) is 8.73.